The largest absolute Gasteiger partial charge is 0.326 e. The molecule has 3 aromatic carbocycles. The van der Waals surface area contributed by atoms with E-state index in [-0.39, 0.29) is 21.4 Å². The van der Waals surface area contributed by atoms with Crippen LogP contribution >= 0.6 is 11.6 Å². The number of benzene rings is 3. The maximum Gasteiger partial charge on any atom is 0.263 e. The van der Waals surface area contributed by atoms with Crippen molar-refractivity contribution in [3.63, 3.8) is 0 Å². The molecule has 0 aliphatic carbocycles. The van der Waals surface area contributed by atoms with Gasteiger partial charge in [-0.15, -0.1) is 0 Å². The van der Waals surface area contributed by atoms with Crippen molar-refractivity contribution in [2.75, 3.05) is 15.4 Å². The molecule has 2 amide bonds. The molecule has 0 fully saturated rings. The van der Waals surface area contributed by atoms with Crippen molar-refractivity contribution in [1.29, 1.82) is 0 Å². The first-order chi connectivity index (χ1) is 15.1. The van der Waals surface area contributed by atoms with Gasteiger partial charge in [0.05, 0.1) is 10.7 Å². The average molecular weight is 472 g/mol. The van der Waals surface area contributed by atoms with Gasteiger partial charge in [-0.3, -0.25) is 14.3 Å². The smallest absolute Gasteiger partial charge is 0.263 e. The minimum Gasteiger partial charge on any atom is -0.326 e. The lowest BCUT2D eigenvalue weighted by atomic mass is 10.1. The summed E-state index contributed by atoms with van der Waals surface area (Å²) in [7, 11) is -4.04. The number of rotatable bonds is 6. The van der Waals surface area contributed by atoms with E-state index >= 15 is 0 Å². The second-order valence-corrected chi connectivity index (χ2v) is 9.27. The molecule has 3 N–H and O–H groups in total. The monoisotopic (exact) mass is 471 g/mol. The molecular weight excluding hydrogens is 450 g/mol. The molecule has 32 heavy (non-hydrogen) atoms. The Morgan fingerprint density at radius 2 is 1.53 bits per heavy atom. The van der Waals surface area contributed by atoms with Crippen LogP contribution in [0.2, 0.25) is 5.02 Å². The van der Waals surface area contributed by atoms with Crippen LogP contribution in [-0.4, -0.2) is 20.2 Å². The first-order valence-electron chi connectivity index (χ1n) is 9.64. The van der Waals surface area contributed by atoms with Gasteiger partial charge in [-0.05, 0) is 67.4 Å². The lowest BCUT2D eigenvalue weighted by molar-refractivity contribution is -0.114. The molecule has 0 aliphatic rings. The number of carbonyl (C=O) groups is 2. The van der Waals surface area contributed by atoms with Gasteiger partial charge in [-0.25, -0.2) is 8.42 Å². The van der Waals surface area contributed by atoms with E-state index in [9.17, 15) is 18.0 Å². The molecule has 0 spiro atoms. The van der Waals surface area contributed by atoms with Gasteiger partial charge in [0.1, 0.15) is 4.90 Å². The number of sulfonamides is 1. The summed E-state index contributed by atoms with van der Waals surface area (Å²) in [6.07, 6.45) is 0. The fourth-order valence-electron chi connectivity index (χ4n) is 2.99. The van der Waals surface area contributed by atoms with E-state index in [0.29, 0.717) is 17.1 Å². The molecule has 0 aromatic heterocycles. The molecular formula is C23H22ClN3O4S. The summed E-state index contributed by atoms with van der Waals surface area (Å²) >= 11 is 6.16. The molecule has 0 radical (unpaired) electrons. The van der Waals surface area contributed by atoms with Gasteiger partial charge in [0.2, 0.25) is 5.91 Å². The summed E-state index contributed by atoms with van der Waals surface area (Å²) in [5.41, 5.74) is 3.24. The molecule has 0 saturated heterocycles. The Balaban J connectivity index is 1.87. The SMILES string of the molecule is CC(=O)Nc1cccc(NC(=O)c2ccc(Cl)c(S(=O)(=O)Nc3cccc(C)c3C)c2)c1. The van der Waals surface area contributed by atoms with Crippen molar-refractivity contribution < 1.29 is 18.0 Å². The zero-order valence-corrected chi connectivity index (χ0v) is 19.3. The Bertz CT molecular complexity index is 1310. The van der Waals surface area contributed by atoms with E-state index in [2.05, 4.69) is 15.4 Å². The molecule has 7 nitrogen and oxygen atoms in total. The van der Waals surface area contributed by atoms with E-state index in [1.54, 1.807) is 36.4 Å². The van der Waals surface area contributed by atoms with Crippen LogP contribution in [-0.2, 0) is 14.8 Å². The predicted molar refractivity (Wildman–Crippen MR) is 127 cm³/mol. The summed E-state index contributed by atoms with van der Waals surface area (Å²) in [4.78, 5) is 23.8. The molecule has 9 heteroatoms. The van der Waals surface area contributed by atoms with Crippen LogP contribution in [0.3, 0.4) is 0 Å². The highest BCUT2D eigenvalue weighted by Gasteiger charge is 2.21. The number of halogens is 1. The molecule has 3 rings (SSSR count). The Hall–Kier alpha value is -3.36. The Kier molecular flexibility index (Phi) is 6.86. The average Bonchev–Trinajstić information content (AvgIpc) is 2.71. The van der Waals surface area contributed by atoms with E-state index in [1.165, 1.54) is 25.1 Å². The third-order valence-corrected chi connectivity index (χ3v) is 6.62. The number of anilines is 3. The second-order valence-electron chi connectivity index (χ2n) is 7.21. The third-order valence-electron chi connectivity index (χ3n) is 4.77. The highest BCUT2D eigenvalue weighted by molar-refractivity contribution is 7.92. The normalized spacial score (nSPS) is 11.0. The van der Waals surface area contributed by atoms with Gasteiger partial charge >= 0.3 is 0 Å². The number of amides is 2. The van der Waals surface area contributed by atoms with Crippen LogP contribution in [0.25, 0.3) is 0 Å². The standard InChI is InChI=1S/C23H22ClN3O4S/c1-14-6-4-9-21(15(14)2)27-32(30,31)22-12-17(10-11-20(22)24)23(29)26-19-8-5-7-18(13-19)25-16(3)28/h4-13,27H,1-3H3,(H,25,28)(H,26,29). The Morgan fingerprint density at radius 3 is 2.22 bits per heavy atom. The maximum atomic E-state index is 13.0. The summed E-state index contributed by atoms with van der Waals surface area (Å²) in [5, 5.41) is 5.31. The molecule has 0 aliphatic heterocycles. The van der Waals surface area contributed by atoms with E-state index < -0.39 is 15.9 Å². The van der Waals surface area contributed by atoms with Gasteiger partial charge in [-0.2, -0.15) is 0 Å². The fourth-order valence-corrected chi connectivity index (χ4v) is 4.64. The topological polar surface area (TPSA) is 104 Å². The van der Waals surface area contributed by atoms with Crippen molar-refractivity contribution >= 4 is 50.5 Å². The zero-order valence-electron chi connectivity index (χ0n) is 17.7. The third kappa shape index (κ3) is 5.46. The zero-order chi connectivity index (χ0) is 23.5. The van der Waals surface area contributed by atoms with Crippen LogP contribution < -0.4 is 15.4 Å². The maximum absolute atomic E-state index is 13.0. The fraction of sp³-hybridized carbons (Fsp3) is 0.130. The summed E-state index contributed by atoms with van der Waals surface area (Å²) < 4.78 is 28.5. The van der Waals surface area contributed by atoms with E-state index in [1.807, 2.05) is 19.9 Å². The quantitative estimate of drug-likeness (QED) is 0.472. The van der Waals surface area contributed by atoms with Crippen LogP contribution in [0.15, 0.2) is 65.6 Å². The minimum absolute atomic E-state index is 0.00740. The molecule has 0 unspecified atom stereocenters. The minimum atomic E-state index is -4.04. The first-order valence-corrected chi connectivity index (χ1v) is 11.5. The van der Waals surface area contributed by atoms with Crippen molar-refractivity contribution in [3.8, 4) is 0 Å². The van der Waals surface area contributed by atoms with Gasteiger partial charge < -0.3 is 10.6 Å². The van der Waals surface area contributed by atoms with E-state index in [0.717, 1.165) is 11.1 Å². The summed E-state index contributed by atoms with van der Waals surface area (Å²) in [6, 6.07) is 15.9. The number of hydrogen-bond acceptors (Lipinski definition) is 4. The highest BCUT2D eigenvalue weighted by atomic mass is 35.5. The van der Waals surface area contributed by atoms with Gasteiger partial charge in [-0.1, -0.05) is 29.8 Å². The number of hydrogen-bond donors (Lipinski definition) is 3. The molecule has 0 saturated carbocycles. The van der Waals surface area contributed by atoms with Crippen LogP contribution in [0.4, 0.5) is 17.1 Å². The molecule has 0 bridgehead atoms. The van der Waals surface area contributed by atoms with Gasteiger partial charge in [0.15, 0.2) is 0 Å². The number of aryl methyl sites for hydroxylation is 1. The van der Waals surface area contributed by atoms with Gasteiger partial charge in [0, 0.05) is 23.9 Å². The Morgan fingerprint density at radius 1 is 0.875 bits per heavy atom. The predicted octanol–water partition coefficient (Wildman–Crippen LogP) is 4.97. The highest BCUT2D eigenvalue weighted by Crippen LogP contribution is 2.27. The van der Waals surface area contributed by atoms with Crippen molar-refractivity contribution in [2.24, 2.45) is 0 Å². The Labute approximate surface area is 191 Å². The van der Waals surface area contributed by atoms with Crippen LogP contribution in [0.1, 0.15) is 28.4 Å². The van der Waals surface area contributed by atoms with Gasteiger partial charge in [0.25, 0.3) is 15.9 Å². The number of nitrogens with one attached hydrogen (secondary N) is 3. The summed E-state index contributed by atoms with van der Waals surface area (Å²) in [6.45, 7) is 5.08. The van der Waals surface area contributed by atoms with Crippen LogP contribution in [0.5, 0.6) is 0 Å². The molecule has 166 valence electrons. The van der Waals surface area contributed by atoms with Crippen molar-refractivity contribution in [3.05, 3.63) is 82.4 Å². The lowest BCUT2D eigenvalue weighted by Gasteiger charge is -2.14. The molecule has 0 heterocycles. The number of carbonyl (C=O) groups excluding carboxylic acids is 2. The molecule has 3 aromatic rings. The second kappa shape index (κ2) is 9.42. The van der Waals surface area contributed by atoms with Crippen molar-refractivity contribution in [1.82, 2.24) is 0 Å². The first kappa shape index (κ1) is 23.3. The van der Waals surface area contributed by atoms with Crippen LogP contribution in [0, 0.1) is 13.8 Å². The van der Waals surface area contributed by atoms with Crippen molar-refractivity contribution in [2.45, 2.75) is 25.7 Å². The van der Waals surface area contributed by atoms with E-state index in [4.69, 9.17) is 11.6 Å². The lowest BCUT2D eigenvalue weighted by Crippen LogP contribution is -2.17. The molecule has 0 atom stereocenters. The summed E-state index contributed by atoms with van der Waals surface area (Å²) in [5.74, 6) is -0.762.